The van der Waals surface area contributed by atoms with E-state index in [9.17, 15) is 24.0 Å². The quantitative estimate of drug-likeness (QED) is 0.289. The van der Waals surface area contributed by atoms with Gasteiger partial charge in [-0.25, -0.2) is 4.79 Å². The van der Waals surface area contributed by atoms with Gasteiger partial charge in [-0.15, -0.1) is 0 Å². The molecule has 3 aromatic carbocycles. The molecule has 5 rings (SSSR count). The van der Waals surface area contributed by atoms with Gasteiger partial charge in [-0.2, -0.15) is 0 Å². The lowest BCUT2D eigenvalue weighted by Crippen LogP contribution is -2.43. The topological polar surface area (TPSA) is 122 Å². The number of hydrazine groups is 1. The minimum atomic E-state index is -0.760. The van der Waals surface area contributed by atoms with Crippen LogP contribution in [0.5, 0.6) is 0 Å². The van der Waals surface area contributed by atoms with E-state index in [2.05, 4.69) is 23.0 Å². The van der Waals surface area contributed by atoms with Crippen molar-refractivity contribution in [3.05, 3.63) is 102 Å². The first-order valence-corrected chi connectivity index (χ1v) is 12.8. The normalized spacial score (nSPS) is 20.2. The Balaban J connectivity index is 1.15. The van der Waals surface area contributed by atoms with Crippen LogP contribution in [0.3, 0.4) is 0 Å². The Hall–Kier alpha value is -4.79. The number of hydrogen-bond acceptors (Lipinski definition) is 6. The summed E-state index contributed by atoms with van der Waals surface area (Å²) >= 11 is 0. The zero-order valence-electron chi connectivity index (χ0n) is 21.0. The summed E-state index contributed by atoms with van der Waals surface area (Å²) in [6.07, 6.45) is 2.14. The lowest BCUT2D eigenvalue weighted by Gasteiger charge is -2.28. The number of ether oxygens (including phenoxy) is 1. The largest absolute Gasteiger partial charge is 0.452 e. The highest BCUT2D eigenvalue weighted by molar-refractivity contribution is 6.22. The summed E-state index contributed by atoms with van der Waals surface area (Å²) in [7, 11) is 0. The molecule has 0 bridgehead atoms. The van der Waals surface area contributed by atoms with E-state index in [0.717, 1.165) is 6.42 Å². The molecule has 0 radical (unpaired) electrons. The van der Waals surface area contributed by atoms with E-state index in [-0.39, 0.29) is 35.1 Å². The van der Waals surface area contributed by atoms with Crippen molar-refractivity contribution in [3.8, 4) is 0 Å². The van der Waals surface area contributed by atoms with Crippen molar-refractivity contribution in [1.29, 1.82) is 0 Å². The molecule has 1 saturated heterocycles. The van der Waals surface area contributed by atoms with Gasteiger partial charge in [0.05, 0.1) is 23.1 Å². The molecular formula is C30H27N3O6. The third-order valence-electron chi connectivity index (χ3n) is 7.24. The van der Waals surface area contributed by atoms with Crippen LogP contribution < -0.4 is 15.8 Å². The summed E-state index contributed by atoms with van der Waals surface area (Å²) in [5, 5.41) is 0. The van der Waals surface area contributed by atoms with Crippen LogP contribution in [0.2, 0.25) is 0 Å². The molecule has 3 aromatic rings. The van der Waals surface area contributed by atoms with Gasteiger partial charge in [0.2, 0.25) is 11.8 Å². The van der Waals surface area contributed by atoms with Crippen LogP contribution in [0.15, 0.2) is 84.9 Å². The van der Waals surface area contributed by atoms with Crippen molar-refractivity contribution in [2.45, 2.75) is 25.2 Å². The Labute approximate surface area is 225 Å². The van der Waals surface area contributed by atoms with Gasteiger partial charge in [-0.3, -0.25) is 34.9 Å². The molecule has 3 atom stereocenters. The van der Waals surface area contributed by atoms with Crippen molar-refractivity contribution in [2.24, 2.45) is 11.8 Å². The Bertz CT molecular complexity index is 1390. The molecule has 1 heterocycles. The number of carbonyl (C=O) groups is 5. The molecule has 0 unspecified atom stereocenters. The number of anilines is 1. The first kappa shape index (κ1) is 25.8. The molecule has 1 aliphatic heterocycles. The third-order valence-corrected chi connectivity index (χ3v) is 7.24. The van der Waals surface area contributed by atoms with E-state index >= 15 is 0 Å². The number of esters is 1. The van der Waals surface area contributed by atoms with Gasteiger partial charge in [-0.05, 0) is 67.1 Å². The van der Waals surface area contributed by atoms with Crippen molar-refractivity contribution in [3.63, 3.8) is 0 Å². The minimum absolute atomic E-state index is 0.153. The van der Waals surface area contributed by atoms with E-state index in [1.165, 1.54) is 34.7 Å². The second-order valence-electron chi connectivity index (χ2n) is 9.64. The number of fused-ring (bicyclic) bond motifs is 1. The fourth-order valence-corrected chi connectivity index (χ4v) is 5.25. The number of benzene rings is 3. The molecule has 9 nitrogen and oxygen atoms in total. The fraction of sp³-hybridized carbons (Fsp3) is 0.233. The van der Waals surface area contributed by atoms with Gasteiger partial charge in [0.1, 0.15) is 0 Å². The summed E-state index contributed by atoms with van der Waals surface area (Å²) in [5.74, 6) is -2.85. The number of imide groups is 1. The van der Waals surface area contributed by atoms with E-state index < -0.39 is 24.4 Å². The average molecular weight is 526 g/mol. The molecule has 2 N–H and O–H groups in total. The summed E-state index contributed by atoms with van der Waals surface area (Å²) in [4.78, 5) is 64.0. The van der Waals surface area contributed by atoms with Crippen molar-refractivity contribution in [2.75, 3.05) is 11.5 Å². The Morgan fingerprint density at radius 3 is 2.08 bits per heavy atom. The lowest BCUT2D eigenvalue weighted by atomic mass is 9.73. The van der Waals surface area contributed by atoms with Crippen LogP contribution in [0.25, 0.3) is 0 Å². The molecule has 1 aliphatic carbocycles. The first-order chi connectivity index (χ1) is 18.9. The predicted molar refractivity (Wildman–Crippen MR) is 141 cm³/mol. The average Bonchev–Trinajstić information content (AvgIpc) is 3.24. The second-order valence-corrected chi connectivity index (χ2v) is 9.64. The van der Waals surface area contributed by atoms with Gasteiger partial charge in [-0.1, -0.05) is 48.5 Å². The molecule has 0 aromatic heterocycles. The molecule has 198 valence electrons. The summed E-state index contributed by atoms with van der Waals surface area (Å²) in [5.41, 5.74) is 6.52. The number of carbonyl (C=O) groups excluding carboxylic acids is 5. The number of rotatable bonds is 6. The highest BCUT2D eigenvalue weighted by Gasteiger charge is 2.50. The van der Waals surface area contributed by atoms with Crippen LogP contribution in [0, 0.1) is 11.8 Å². The number of nitrogens with zero attached hydrogens (tertiary/aromatic N) is 1. The maximum absolute atomic E-state index is 13.3. The standard InChI is InChI=1S/C30H27N3O6/c34-26(31-32-27(35)20-9-5-2-6-10-20)18-39-30(38)21-11-14-23(15-12-21)33-28(36)24-16-13-22(17-25(24)29(33)37)19-7-3-1-4-8-19/h1-12,14-15,22,24-25H,13,16-18H2,(H,31,34)(H,32,35)/t22-,24-,25+/m1/s1. The smallest absolute Gasteiger partial charge is 0.338 e. The molecule has 0 spiro atoms. The van der Waals surface area contributed by atoms with E-state index in [1.54, 1.807) is 30.3 Å². The van der Waals surface area contributed by atoms with Crippen molar-refractivity contribution < 1.29 is 28.7 Å². The molecule has 9 heteroatoms. The van der Waals surface area contributed by atoms with E-state index in [4.69, 9.17) is 4.74 Å². The number of nitrogens with one attached hydrogen (secondary N) is 2. The first-order valence-electron chi connectivity index (χ1n) is 12.8. The summed E-state index contributed by atoms with van der Waals surface area (Å²) < 4.78 is 5.02. The molecule has 2 fully saturated rings. The maximum Gasteiger partial charge on any atom is 0.338 e. The summed E-state index contributed by atoms with van der Waals surface area (Å²) in [6.45, 7) is -0.606. The summed E-state index contributed by atoms with van der Waals surface area (Å²) in [6, 6.07) is 24.3. The van der Waals surface area contributed by atoms with Crippen LogP contribution in [-0.4, -0.2) is 36.2 Å². The Morgan fingerprint density at radius 1 is 0.744 bits per heavy atom. The Kier molecular flexibility index (Phi) is 7.49. The van der Waals surface area contributed by atoms with Gasteiger partial charge in [0.15, 0.2) is 6.61 Å². The van der Waals surface area contributed by atoms with Gasteiger partial charge in [0.25, 0.3) is 11.8 Å². The second kappa shape index (κ2) is 11.3. The minimum Gasteiger partial charge on any atom is -0.452 e. The third kappa shape index (κ3) is 5.57. The van der Waals surface area contributed by atoms with Crippen LogP contribution in [-0.2, 0) is 19.1 Å². The maximum atomic E-state index is 13.3. The molecule has 1 saturated carbocycles. The zero-order valence-corrected chi connectivity index (χ0v) is 21.0. The van der Waals surface area contributed by atoms with Gasteiger partial charge in [0, 0.05) is 5.56 Å². The lowest BCUT2D eigenvalue weighted by molar-refractivity contribution is -0.125. The SMILES string of the molecule is O=C(COC(=O)c1ccc(N2C(=O)[C@H]3C[C@H](c4ccccc4)CC[C@H]3C2=O)cc1)NNC(=O)c1ccccc1. The van der Waals surface area contributed by atoms with Gasteiger partial charge < -0.3 is 4.74 Å². The molecular weight excluding hydrogens is 498 g/mol. The van der Waals surface area contributed by atoms with E-state index in [0.29, 0.717) is 24.1 Å². The molecule has 39 heavy (non-hydrogen) atoms. The van der Waals surface area contributed by atoms with Crippen molar-refractivity contribution >= 4 is 35.3 Å². The Morgan fingerprint density at radius 2 is 1.38 bits per heavy atom. The zero-order chi connectivity index (χ0) is 27.4. The van der Waals surface area contributed by atoms with Gasteiger partial charge >= 0.3 is 5.97 Å². The monoisotopic (exact) mass is 525 g/mol. The highest BCUT2D eigenvalue weighted by Crippen LogP contribution is 2.45. The fourth-order valence-electron chi connectivity index (χ4n) is 5.25. The van der Waals surface area contributed by atoms with E-state index in [1.807, 2.05) is 18.2 Å². The van der Waals surface area contributed by atoms with Crippen molar-refractivity contribution in [1.82, 2.24) is 10.9 Å². The van der Waals surface area contributed by atoms with Crippen LogP contribution >= 0.6 is 0 Å². The predicted octanol–water partition coefficient (Wildman–Crippen LogP) is 3.38. The highest BCUT2D eigenvalue weighted by atomic mass is 16.5. The molecule has 4 amide bonds. The van der Waals surface area contributed by atoms with Crippen LogP contribution in [0.4, 0.5) is 5.69 Å². The number of hydrogen-bond donors (Lipinski definition) is 2. The number of amides is 4. The van der Waals surface area contributed by atoms with Crippen LogP contribution in [0.1, 0.15) is 51.5 Å². The molecule has 2 aliphatic rings.